The molecule has 1 amide bonds. The van der Waals surface area contributed by atoms with Crippen LogP contribution in [0.1, 0.15) is 33.6 Å². The van der Waals surface area contributed by atoms with Gasteiger partial charge in [0, 0.05) is 12.6 Å². The van der Waals surface area contributed by atoms with E-state index < -0.39 is 11.7 Å². The molecular formula is C11H21NO4. The number of aliphatic hydroxyl groups is 1. The second kappa shape index (κ2) is 5.50. The van der Waals surface area contributed by atoms with E-state index in [0.29, 0.717) is 13.0 Å². The molecule has 0 aliphatic carbocycles. The molecule has 1 heterocycles. The Morgan fingerprint density at radius 1 is 1.56 bits per heavy atom. The summed E-state index contributed by atoms with van der Waals surface area (Å²) in [5, 5.41) is 11.7. The second-order valence-corrected chi connectivity index (χ2v) is 5.04. The Morgan fingerprint density at radius 3 is 2.81 bits per heavy atom. The van der Waals surface area contributed by atoms with Crippen LogP contribution in [0, 0.1) is 0 Å². The molecule has 1 saturated heterocycles. The smallest absolute Gasteiger partial charge is 0.407 e. The average molecular weight is 231 g/mol. The van der Waals surface area contributed by atoms with Crippen LogP contribution >= 0.6 is 0 Å². The maximum absolute atomic E-state index is 11.5. The van der Waals surface area contributed by atoms with Crippen LogP contribution in [0.4, 0.5) is 4.79 Å². The van der Waals surface area contributed by atoms with E-state index in [1.54, 1.807) is 0 Å². The summed E-state index contributed by atoms with van der Waals surface area (Å²) in [5.41, 5.74) is -0.481. The zero-order valence-corrected chi connectivity index (χ0v) is 10.2. The van der Waals surface area contributed by atoms with E-state index >= 15 is 0 Å². The van der Waals surface area contributed by atoms with Crippen molar-refractivity contribution in [2.24, 2.45) is 0 Å². The van der Waals surface area contributed by atoms with Gasteiger partial charge in [-0.05, 0) is 33.6 Å². The first-order valence-corrected chi connectivity index (χ1v) is 5.62. The van der Waals surface area contributed by atoms with Crippen molar-refractivity contribution in [1.29, 1.82) is 0 Å². The highest BCUT2D eigenvalue weighted by molar-refractivity contribution is 5.68. The molecule has 0 radical (unpaired) electrons. The zero-order chi connectivity index (χ0) is 12.2. The number of rotatable bonds is 2. The highest BCUT2D eigenvalue weighted by atomic mass is 16.6. The summed E-state index contributed by atoms with van der Waals surface area (Å²) in [6, 6.07) is 0.0285. The van der Waals surface area contributed by atoms with Crippen LogP contribution in [-0.4, -0.2) is 42.2 Å². The molecule has 1 fully saturated rings. The van der Waals surface area contributed by atoms with E-state index in [1.807, 2.05) is 20.8 Å². The summed E-state index contributed by atoms with van der Waals surface area (Å²) in [7, 11) is 0. The van der Waals surface area contributed by atoms with Crippen molar-refractivity contribution in [2.75, 3.05) is 13.2 Å². The summed E-state index contributed by atoms with van der Waals surface area (Å²) < 4.78 is 10.5. The van der Waals surface area contributed by atoms with Gasteiger partial charge in [-0.1, -0.05) is 0 Å². The van der Waals surface area contributed by atoms with Crippen LogP contribution in [-0.2, 0) is 9.47 Å². The van der Waals surface area contributed by atoms with Crippen molar-refractivity contribution in [2.45, 2.75) is 51.4 Å². The number of alkyl carbamates (subject to hydrolysis) is 1. The fraction of sp³-hybridized carbons (Fsp3) is 0.909. The highest BCUT2D eigenvalue weighted by Crippen LogP contribution is 2.14. The van der Waals surface area contributed by atoms with Crippen LogP contribution < -0.4 is 5.32 Å². The molecule has 0 saturated carbocycles. The lowest BCUT2D eigenvalue weighted by Crippen LogP contribution is -2.44. The predicted molar refractivity (Wildman–Crippen MR) is 59.2 cm³/mol. The number of hydrogen-bond donors (Lipinski definition) is 2. The summed E-state index contributed by atoms with van der Waals surface area (Å²) >= 11 is 0. The first-order chi connectivity index (χ1) is 7.40. The Hall–Kier alpha value is -0.810. The molecule has 0 aromatic heterocycles. The molecule has 2 atom stereocenters. The predicted octanol–water partition coefficient (Wildman–Crippen LogP) is 1.05. The summed E-state index contributed by atoms with van der Waals surface area (Å²) in [5.74, 6) is 0. The van der Waals surface area contributed by atoms with Gasteiger partial charge in [0.15, 0.2) is 0 Å². The van der Waals surface area contributed by atoms with E-state index in [2.05, 4.69) is 5.32 Å². The van der Waals surface area contributed by atoms with Crippen molar-refractivity contribution in [3.63, 3.8) is 0 Å². The minimum Gasteiger partial charge on any atom is -0.444 e. The van der Waals surface area contributed by atoms with Gasteiger partial charge in [0.1, 0.15) is 5.60 Å². The lowest BCUT2D eigenvalue weighted by molar-refractivity contribution is -0.0304. The molecule has 2 unspecified atom stereocenters. The van der Waals surface area contributed by atoms with Crippen LogP contribution in [0.5, 0.6) is 0 Å². The van der Waals surface area contributed by atoms with Gasteiger partial charge in [-0.15, -0.1) is 0 Å². The molecule has 5 heteroatoms. The Labute approximate surface area is 96.1 Å². The van der Waals surface area contributed by atoms with Crippen molar-refractivity contribution < 1.29 is 19.4 Å². The van der Waals surface area contributed by atoms with Crippen LogP contribution in [0.25, 0.3) is 0 Å². The normalized spacial score (nSPS) is 26.2. The van der Waals surface area contributed by atoms with Gasteiger partial charge in [-0.25, -0.2) is 4.79 Å². The van der Waals surface area contributed by atoms with Crippen molar-refractivity contribution >= 4 is 6.09 Å². The van der Waals surface area contributed by atoms with Crippen LogP contribution in [0.3, 0.4) is 0 Å². The Kier molecular flexibility index (Phi) is 4.56. The third kappa shape index (κ3) is 4.81. The fourth-order valence-electron chi connectivity index (χ4n) is 1.61. The number of aliphatic hydroxyl groups excluding tert-OH is 1. The molecule has 16 heavy (non-hydrogen) atoms. The van der Waals surface area contributed by atoms with Gasteiger partial charge in [-0.3, -0.25) is 0 Å². The fourth-order valence-corrected chi connectivity index (χ4v) is 1.61. The van der Waals surface area contributed by atoms with E-state index in [9.17, 15) is 4.79 Å². The largest absolute Gasteiger partial charge is 0.444 e. The molecule has 1 aliphatic rings. The van der Waals surface area contributed by atoms with Crippen LogP contribution in [0.15, 0.2) is 0 Å². The summed E-state index contributed by atoms with van der Waals surface area (Å²) in [6.07, 6.45) is 0.815. The minimum absolute atomic E-state index is 0.00744. The molecule has 0 bridgehead atoms. The van der Waals surface area contributed by atoms with Crippen molar-refractivity contribution in [1.82, 2.24) is 5.32 Å². The molecule has 1 aliphatic heterocycles. The maximum Gasteiger partial charge on any atom is 0.407 e. The summed E-state index contributed by atoms with van der Waals surface area (Å²) in [4.78, 5) is 11.5. The van der Waals surface area contributed by atoms with Gasteiger partial charge < -0.3 is 19.9 Å². The van der Waals surface area contributed by atoms with Crippen molar-refractivity contribution in [3.05, 3.63) is 0 Å². The summed E-state index contributed by atoms with van der Waals surface area (Å²) in [6.45, 7) is 6.03. The number of nitrogens with one attached hydrogen (secondary N) is 1. The third-order valence-electron chi connectivity index (χ3n) is 2.29. The molecule has 94 valence electrons. The number of carbonyl (C=O) groups is 1. The zero-order valence-electron chi connectivity index (χ0n) is 10.2. The molecule has 0 spiro atoms. The average Bonchev–Trinajstić information content (AvgIpc) is 2.15. The highest BCUT2D eigenvalue weighted by Gasteiger charge is 2.25. The van der Waals surface area contributed by atoms with Gasteiger partial charge in [0.2, 0.25) is 0 Å². The van der Waals surface area contributed by atoms with E-state index in [1.165, 1.54) is 0 Å². The van der Waals surface area contributed by atoms with E-state index in [0.717, 1.165) is 6.42 Å². The Morgan fingerprint density at radius 2 is 2.25 bits per heavy atom. The van der Waals surface area contributed by atoms with Gasteiger partial charge >= 0.3 is 6.09 Å². The SMILES string of the molecule is CC(C)(C)OC(=O)NC1CCOC(CO)C1. The first-order valence-electron chi connectivity index (χ1n) is 5.62. The molecule has 0 aromatic carbocycles. The van der Waals surface area contributed by atoms with Crippen LogP contribution in [0.2, 0.25) is 0 Å². The molecule has 2 N–H and O–H groups in total. The minimum atomic E-state index is -0.481. The third-order valence-corrected chi connectivity index (χ3v) is 2.29. The molecule has 1 rings (SSSR count). The Balaban J connectivity index is 2.33. The monoisotopic (exact) mass is 231 g/mol. The number of hydrogen-bond acceptors (Lipinski definition) is 4. The maximum atomic E-state index is 11.5. The number of amides is 1. The van der Waals surface area contributed by atoms with Gasteiger partial charge in [-0.2, -0.15) is 0 Å². The molecule has 0 aromatic rings. The lowest BCUT2D eigenvalue weighted by atomic mass is 10.0. The number of carbonyl (C=O) groups excluding carboxylic acids is 1. The first kappa shape index (κ1) is 13.3. The van der Waals surface area contributed by atoms with Gasteiger partial charge in [0.05, 0.1) is 12.7 Å². The quantitative estimate of drug-likeness (QED) is 0.745. The molecule has 5 nitrogen and oxygen atoms in total. The Bertz CT molecular complexity index is 237. The number of ether oxygens (including phenoxy) is 2. The van der Waals surface area contributed by atoms with E-state index in [4.69, 9.17) is 14.6 Å². The van der Waals surface area contributed by atoms with Gasteiger partial charge in [0.25, 0.3) is 0 Å². The standard InChI is InChI=1S/C11H21NO4/c1-11(2,3)16-10(14)12-8-4-5-15-9(6-8)7-13/h8-9,13H,4-7H2,1-3H3,(H,12,14). The van der Waals surface area contributed by atoms with E-state index in [-0.39, 0.29) is 18.8 Å². The second-order valence-electron chi connectivity index (χ2n) is 5.04. The lowest BCUT2D eigenvalue weighted by Gasteiger charge is -2.30. The molecular weight excluding hydrogens is 210 g/mol. The topological polar surface area (TPSA) is 67.8 Å². The van der Waals surface area contributed by atoms with Crippen molar-refractivity contribution in [3.8, 4) is 0 Å².